The van der Waals surface area contributed by atoms with Gasteiger partial charge in [0, 0.05) is 29.8 Å². The maximum Gasteiger partial charge on any atom is 0.416 e. The number of nitrogens with one attached hydrogen (secondary N) is 1. The summed E-state index contributed by atoms with van der Waals surface area (Å²) >= 11 is 0. The smallest absolute Gasteiger partial charge is 0.393 e. The summed E-state index contributed by atoms with van der Waals surface area (Å²) in [6.45, 7) is 4.35. The molecular formula is C22H28F3N3O3. The number of alkyl halides is 3. The summed E-state index contributed by atoms with van der Waals surface area (Å²) in [5.41, 5.74) is 0.333. The fourth-order valence-corrected chi connectivity index (χ4v) is 3.58. The Bertz CT molecular complexity index is 886. The van der Waals surface area contributed by atoms with Gasteiger partial charge in [-0.25, -0.2) is 0 Å². The number of rotatable bonds is 6. The van der Waals surface area contributed by atoms with Gasteiger partial charge in [0.1, 0.15) is 0 Å². The van der Waals surface area contributed by atoms with E-state index in [0.717, 1.165) is 12.1 Å². The highest BCUT2D eigenvalue weighted by Gasteiger charge is 2.31. The first kappa shape index (κ1) is 23.3. The topological polar surface area (TPSA) is 78.6 Å². The van der Waals surface area contributed by atoms with Crippen LogP contribution in [0.4, 0.5) is 13.2 Å². The molecule has 1 amide bonds. The van der Waals surface area contributed by atoms with Crippen molar-refractivity contribution < 1.29 is 27.6 Å². The van der Waals surface area contributed by atoms with Crippen LogP contribution in [0.5, 0.6) is 0 Å². The third-order valence-corrected chi connectivity index (χ3v) is 5.80. The largest absolute Gasteiger partial charge is 0.416 e. The lowest BCUT2D eigenvalue weighted by Gasteiger charge is -2.26. The SMILES string of the molecule is CC(C)N(C)Cc1c(C(=O)NC2CCC(O)CC2)noc1-c1ccc(C(F)(F)F)cc1. The first-order chi connectivity index (χ1) is 14.6. The van der Waals surface area contributed by atoms with Crippen molar-refractivity contribution in [1.82, 2.24) is 15.4 Å². The van der Waals surface area contributed by atoms with Crippen LogP contribution in [0.3, 0.4) is 0 Å². The molecule has 1 heterocycles. The Hall–Kier alpha value is -2.39. The summed E-state index contributed by atoms with van der Waals surface area (Å²) in [4.78, 5) is 14.9. The van der Waals surface area contributed by atoms with Crippen molar-refractivity contribution in [3.05, 3.63) is 41.1 Å². The van der Waals surface area contributed by atoms with Gasteiger partial charge in [-0.3, -0.25) is 9.69 Å². The van der Waals surface area contributed by atoms with Gasteiger partial charge in [-0.1, -0.05) is 17.3 Å². The lowest BCUT2D eigenvalue weighted by Crippen LogP contribution is -2.39. The minimum absolute atomic E-state index is 0.0576. The van der Waals surface area contributed by atoms with Crippen molar-refractivity contribution in [2.75, 3.05) is 7.05 Å². The molecule has 0 atom stereocenters. The zero-order chi connectivity index (χ0) is 22.8. The Morgan fingerprint density at radius 1 is 1.23 bits per heavy atom. The van der Waals surface area contributed by atoms with Crippen molar-refractivity contribution >= 4 is 5.91 Å². The van der Waals surface area contributed by atoms with Crippen LogP contribution < -0.4 is 5.32 Å². The third-order valence-electron chi connectivity index (χ3n) is 5.80. The quantitative estimate of drug-likeness (QED) is 0.704. The Morgan fingerprint density at radius 3 is 2.39 bits per heavy atom. The molecule has 31 heavy (non-hydrogen) atoms. The van der Waals surface area contributed by atoms with E-state index in [2.05, 4.69) is 10.5 Å². The normalized spacial score (nSPS) is 19.8. The molecule has 2 aromatic rings. The molecule has 3 rings (SSSR count). The fourth-order valence-electron chi connectivity index (χ4n) is 3.58. The average molecular weight is 439 g/mol. The monoisotopic (exact) mass is 439 g/mol. The number of benzene rings is 1. The number of carbonyl (C=O) groups excluding carboxylic acids is 1. The Kier molecular flexibility index (Phi) is 7.06. The molecule has 0 aliphatic heterocycles. The number of halogens is 3. The predicted octanol–water partition coefficient (Wildman–Crippen LogP) is 4.23. The first-order valence-corrected chi connectivity index (χ1v) is 10.4. The van der Waals surface area contributed by atoms with Crippen molar-refractivity contribution in [1.29, 1.82) is 0 Å². The summed E-state index contributed by atoms with van der Waals surface area (Å²) < 4.78 is 44.2. The van der Waals surface area contributed by atoms with Gasteiger partial charge in [0.05, 0.1) is 11.7 Å². The first-order valence-electron chi connectivity index (χ1n) is 10.4. The van der Waals surface area contributed by atoms with Crippen LogP contribution in [0.15, 0.2) is 28.8 Å². The molecule has 6 nitrogen and oxygen atoms in total. The molecule has 1 fully saturated rings. The molecular weight excluding hydrogens is 411 g/mol. The molecule has 0 bridgehead atoms. The van der Waals surface area contributed by atoms with E-state index in [4.69, 9.17) is 4.52 Å². The van der Waals surface area contributed by atoms with Crippen LogP contribution in [0.1, 0.15) is 61.1 Å². The molecule has 1 saturated carbocycles. The summed E-state index contributed by atoms with van der Waals surface area (Å²) in [5.74, 6) is -0.0964. The van der Waals surface area contributed by atoms with Crippen molar-refractivity contribution in [2.24, 2.45) is 0 Å². The number of nitrogens with zero attached hydrogens (tertiary/aromatic N) is 2. The number of aromatic nitrogens is 1. The Balaban J connectivity index is 1.89. The van der Waals surface area contributed by atoms with Gasteiger partial charge in [0.2, 0.25) is 0 Å². The number of carbonyl (C=O) groups is 1. The maximum atomic E-state index is 12.9. The van der Waals surface area contributed by atoms with E-state index in [9.17, 15) is 23.1 Å². The number of aliphatic hydroxyl groups excluding tert-OH is 1. The van der Waals surface area contributed by atoms with Gasteiger partial charge < -0.3 is 14.9 Å². The van der Waals surface area contributed by atoms with Gasteiger partial charge in [0.15, 0.2) is 11.5 Å². The molecule has 0 unspecified atom stereocenters. The number of aliphatic hydroxyl groups is 1. The predicted molar refractivity (Wildman–Crippen MR) is 109 cm³/mol. The highest BCUT2D eigenvalue weighted by Crippen LogP contribution is 2.33. The van der Waals surface area contributed by atoms with Crippen LogP contribution in [0, 0.1) is 0 Å². The number of hydrogen-bond acceptors (Lipinski definition) is 5. The zero-order valence-electron chi connectivity index (χ0n) is 17.9. The summed E-state index contributed by atoms with van der Waals surface area (Å²) in [5, 5.41) is 16.6. The molecule has 170 valence electrons. The minimum atomic E-state index is -4.43. The van der Waals surface area contributed by atoms with Gasteiger partial charge >= 0.3 is 6.18 Å². The third kappa shape index (κ3) is 5.65. The highest BCUT2D eigenvalue weighted by molar-refractivity contribution is 5.95. The molecule has 2 N–H and O–H groups in total. The molecule has 1 aliphatic rings. The molecule has 1 aromatic carbocycles. The summed E-state index contributed by atoms with van der Waals surface area (Å²) in [7, 11) is 1.89. The van der Waals surface area contributed by atoms with Crippen LogP contribution in [-0.2, 0) is 12.7 Å². The van der Waals surface area contributed by atoms with Crippen molar-refractivity contribution in [2.45, 2.75) is 70.4 Å². The summed E-state index contributed by atoms with van der Waals surface area (Å²) in [6, 6.07) is 4.74. The van der Waals surface area contributed by atoms with E-state index in [1.165, 1.54) is 12.1 Å². The van der Waals surface area contributed by atoms with E-state index in [1.807, 2.05) is 25.8 Å². The maximum absolute atomic E-state index is 12.9. The molecule has 0 radical (unpaired) electrons. The van der Waals surface area contributed by atoms with E-state index in [0.29, 0.717) is 43.4 Å². The number of amides is 1. The highest BCUT2D eigenvalue weighted by atomic mass is 19.4. The molecule has 1 aliphatic carbocycles. The number of hydrogen-bond donors (Lipinski definition) is 2. The lowest BCUT2D eigenvalue weighted by atomic mass is 9.93. The minimum Gasteiger partial charge on any atom is -0.393 e. The lowest BCUT2D eigenvalue weighted by molar-refractivity contribution is -0.137. The second-order valence-corrected chi connectivity index (χ2v) is 8.40. The molecule has 9 heteroatoms. The van der Waals surface area contributed by atoms with Gasteiger partial charge in [-0.2, -0.15) is 13.2 Å². The molecule has 0 spiro atoms. The second-order valence-electron chi connectivity index (χ2n) is 8.40. The van der Waals surface area contributed by atoms with E-state index < -0.39 is 11.7 Å². The average Bonchev–Trinajstić information content (AvgIpc) is 3.12. The van der Waals surface area contributed by atoms with Crippen molar-refractivity contribution in [3.63, 3.8) is 0 Å². The Morgan fingerprint density at radius 2 is 1.84 bits per heavy atom. The van der Waals surface area contributed by atoms with Crippen LogP contribution in [-0.4, -0.2) is 46.3 Å². The van der Waals surface area contributed by atoms with Crippen LogP contribution in [0.25, 0.3) is 11.3 Å². The molecule has 0 saturated heterocycles. The van der Waals surface area contributed by atoms with Gasteiger partial charge in [-0.05, 0) is 58.7 Å². The second kappa shape index (κ2) is 9.40. The van der Waals surface area contributed by atoms with E-state index >= 15 is 0 Å². The molecule has 1 aromatic heterocycles. The zero-order valence-corrected chi connectivity index (χ0v) is 17.9. The van der Waals surface area contributed by atoms with Gasteiger partial charge in [0.25, 0.3) is 5.91 Å². The fraction of sp³-hybridized carbons (Fsp3) is 0.545. The van der Waals surface area contributed by atoms with Crippen LogP contribution >= 0.6 is 0 Å². The van der Waals surface area contributed by atoms with E-state index in [-0.39, 0.29) is 35.5 Å². The summed E-state index contributed by atoms with van der Waals surface area (Å²) in [6.07, 6.45) is -2.15. The van der Waals surface area contributed by atoms with Crippen LogP contribution in [0.2, 0.25) is 0 Å². The Labute approximate surface area is 179 Å². The van der Waals surface area contributed by atoms with Gasteiger partial charge in [-0.15, -0.1) is 0 Å². The van der Waals surface area contributed by atoms with E-state index in [1.54, 1.807) is 0 Å². The van der Waals surface area contributed by atoms with Crippen molar-refractivity contribution in [3.8, 4) is 11.3 Å². The standard InChI is InChI=1S/C22H28F3N3O3/c1-13(2)28(3)12-18-19(21(30)26-16-8-10-17(29)11-9-16)27-31-20(18)14-4-6-15(7-5-14)22(23,24)25/h4-7,13,16-17,29H,8-12H2,1-3H3,(H,26,30).